The Balaban J connectivity index is 1.82. The van der Waals surface area contributed by atoms with Crippen molar-refractivity contribution in [2.24, 2.45) is 23.7 Å². The maximum Gasteiger partial charge on any atom is -0.0205 e. The van der Waals surface area contributed by atoms with Gasteiger partial charge in [-0.3, -0.25) is 0 Å². The van der Waals surface area contributed by atoms with Gasteiger partial charge in [-0.25, -0.2) is 0 Å². The van der Waals surface area contributed by atoms with E-state index in [1.165, 1.54) is 51.4 Å². The summed E-state index contributed by atoms with van der Waals surface area (Å²) in [7, 11) is 0. The van der Waals surface area contributed by atoms with E-state index in [0.29, 0.717) is 0 Å². The molecule has 0 heterocycles. The summed E-state index contributed by atoms with van der Waals surface area (Å²) >= 11 is 0. The van der Waals surface area contributed by atoms with Crippen LogP contribution in [0.1, 0.15) is 58.3 Å². The van der Waals surface area contributed by atoms with E-state index in [1.807, 2.05) is 0 Å². The molecule has 0 atom stereocenters. The van der Waals surface area contributed by atoms with Crippen LogP contribution in [0.3, 0.4) is 0 Å². The van der Waals surface area contributed by atoms with Crippen LogP contribution >= 0.6 is 0 Å². The molecule has 2 fully saturated rings. The van der Waals surface area contributed by atoms with E-state index in [-0.39, 0.29) is 0 Å². The Kier molecular flexibility index (Phi) is 5.48. The fourth-order valence-corrected chi connectivity index (χ4v) is 3.87. The van der Waals surface area contributed by atoms with E-state index in [1.54, 1.807) is 5.57 Å². The zero-order valence-corrected chi connectivity index (χ0v) is 12.6. The molecule has 2 rings (SSSR count). The van der Waals surface area contributed by atoms with Crippen LogP contribution in [-0.2, 0) is 0 Å². The summed E-state index contributed by atoms with van der Waals surface area (Å²) in [5, 5.41) is 0. The molecule has 0 aliphatic heterocycles. The maximum absolute atomic E-state index is 3.94. The van der Waals surface area contributed by atoms with Gasteiger partial charge in [0.25, 0.3) is 0 Å². The van der Waals surface area contributed by atoms with Gasteiger partial charge < -0.3 is 0 Å². The summed E-state index contributed by atoms with van der Waals surface area (Å²) in [6.45, 7) is 10.2. The predicted molar refractivity (Wildman–Crippen MR) is 85.0 cm³/mol. The summed E-state index contributed by atoms with van der Waals surface area (Å²) in [6.07, 6.45) is 17.8. The second-order valence-corrected chi connectivity index (χ2v) is 6.67. The van der Waals surface area contributed by atoms with Crippen LogP contribution in [0.15, 0.2) is 37.0 Å². The number of hydrogen-bond acceptors (Lipinski definition) is 0. The van der Waals surface area contributed by atoms with Gasteiger partial charge in [0.1, 0.15) is 0 Å². The van der Waals surface area contributed by atoms with Crippen molar-refractivity contribution in [3.8, 4) is 0 Å². The van der Waals surface area contributed by atoms with Crippen molar-refractivity contribution in [2.75, 3.05) is 0 Å². The molecule has 2 aliphatic rings. The Morgan fingerprint density at radius 2 is 1.16 bits per heavy atom. The molecule has 106 valence electrons. The second-order valence-electron chi connectivity index (χ2n) is 6.67. The average molecular weight is 258 g/mol. The van der Waals surface area contributed by atoms with Crippen LogP contribution in [0.4, 0.5) is 0 Å². The van der Waals surface area contributed by atoms with E-state index in [4.69, 9.17) is 0 Å². The highest BCUT2D eigenvalue weighted by Gasteiger charge is 2.22. The third-order valence-electron chi connectivity index (χ3n) is 5.40. The molecular weight excluding hydrogens is 228 g/mol. The van der Waals surface area contributed by atoms with Crippen molar-refractivity contribution in [1.29, 1.82) is 0 Å². The van der Waals surface area contributed by atoms with Crippen molar-refractivity contribution in [3.63, 3.8) is 0 Å². The van der Waals surface area contributed by atoms with Crippen LogP contribution < -0.4 is 0 Å². The van der Waals surface area contributed by atoms with Gasteiger partial charge in [-0.1, -0.05) is 23.8 Å². The Morgan fingerprint density at radius 1 is 0.737 bits per heavy atom. The van der Waals surface area contributed by atoms with Gasteiger partial charge in [-0.05, 0) is 82.0 Å². The molecule has 0 N–H and O–H groups in total. The quantitative estimate of drug-likeness (QED) is 0.549. The Hall–Kier alpha value is -0.780. The lowest BCUT2D eigenvalue weighted by Gasteiger charge is -2.29. The lowest BCUT2D eigenvalue weighted by atomic mass is 9.76. The monoisotopic (exact) mass is 258 g/mol. The molecule has 0 aromatic carbocycles. The largest absolute Gasteiger partial charge is 0.103 e. The normalized spacial score (nSPS) is 36.8. The van der Waals surface area contributed by atoms with Gasteiger partial charge in [0.05, 0.1) is 0 Å². The molecule has 0 aromatic rings. The highest BCUT2D eigenvalue weighted by atomic mass is 14.3. The molecule has 0 spiro atoms. The molecule has 0 radical (unpaired) electrons. The summed E-state index contributed by atoms with van der Waals surface area (Å²) < 4.78 is 0. The smallest absolute Gasteiger partial charge is 0.0205 e. The zero-order valence-electron chi connectivity index (χ0n) is 12.6. The molecule has 0 saturated heterocycles. The molecule has 2 saturated carbocycles. The first-order valence-corrected chi connectivity index (χ1v) is 8.16. The fourth-order valence-electron chi connectivity index (χ4n) is 3.87. The summed E-state index contributed by atoms with van der Waals surface area (Å²) in [6, 6.07) is 0. The van der Waals surface area contributed by atoms with Gasteiger partial charge in [-0.15, -0.1) is 13.2 Å². The third kappa shape index (κ3) is 4.09. The van der Waals surface area contributed by atoms with Crippen molar-refractivity contribution in [3.05, 3.63) is 37.0 Å². The van der Waals surface area contributed by atoms with Gasteiger partial charge in [0.2, 0.25) is 0 Å². The standard InChI is InChI=1S/C19H30/c1-4-16-6-8-18(9-7-16)14-15(3)19-12-10-17(5-2)11-13-19/h4-5,14,16-19H,1-2,6-13H2,3H3. The first kappa shape index (κ1) is 14.6. The van der Waals surface area contributed by atoms with Crippen molar-refractivity contribution in [2.45, 2.75) is 58.3 Å². The van der Waals surface area contributed by atoms with E-state index >= 15 is 0 Å². The van der Waals surface area contributed by atoms with E-state index < -0.39 is 0 Å². The zero-order chi connectivity index (χ0) is 13.7. The van der Waals surface area contributed by atoms with Crippen molar-refractivity contribution < 1.29 is 0 Å². The highest BCUT2D eigenvalue weighted by Crippen LogP contribution is 2.36. The van der Waals surface area contributed by atoms with Gasteiger partial charge in [0.15, 0.2) is 0 Å². The van der Waals surface area contributed by atoms with Crippen molar-refractivity contribution in [1.82, 2.24) is 0 Å². The summed E-state index contributed by atoms with van der Waals surface area (Å²) in [5.74, 6) is 3.27. The van der Waals surface area contributed by atoms with E-state index in [2.05, 4.69) is 38.3 Å². The Morgan fingerprint density at radius 3 is 1.63 bits per heavy atom. The molecule has 0 bridgehead atoms. The number of rotatable bonds is 4. The first-order valence-electron chi connectivity index (χ1n) is 8.16. The van der Waals surface area contributed by atoms with Gasteiger partial charge in [-0.2, -0.15) is 0 Å². The molecule has 19 heavy (non-hydrogen) atoms. The summed E-state index contributed by atoms with van der Waals surface area (Å²) in [4.78, 5) is 0. The minimum absolute atomic E-state index is 0.784. The first-order chi connectivity index (χ1) is 9.22. The molecule has 0 amide bonds. The van der Waals surface area contributed by atoms with Crippen LogP contribution in [0.2, 0.25) is 0 Å². The second kappa shape index (κ2) is 7.12. The number of hydrogen-bond donors (Lipinski definition) is 0. The minimum atomic E-state index is 0.784. The molecule has 0 aromatic heterocycles. The topological polar surface area (TPSA) is 0 Å². The number of allylic oxidation sites excluding steroid dienone is 4. The minimum Gasteiger partial charge on any atom is -0.103 e. The van der Waals surface area contributed by atoms with Crippen LogP contribution in [0, 0.1) is 23.7 Å². The molecular formula is C19H30. The molecule has 0 heteroatoms. The maximum atomic E-state index is 3.94. The van der Waals surface area contributed by atoms with Crippen molar-refractivity contribution >= 4 is 0 Å². The molecule has 0 unspecified atom stereocenters. The molecule has 2 aliphatic carbocycles. The van der Waals surface area contributed by atoms with Crippen LogP contribution in [-0.4, -0.2) is 0 Å². The van der Waals surface area contributed by atoms with Gasteiger partial charge in [0, 0.05) is 0 Å². The predicted octanol–water partition coefficient (Wildman–Crippen LogP) is 5.92. The SMILES string of the molecule is C=CC1CCC(C=C(C)C2CCC(C=C)CC2)CC1. The Bertz CT molecular complexity index is 320. The third-order valence-corrected chi connectivity index (χ3v) is 5.40. The Labute approximate surface area is 119 Å². The van der Waals surface area contributed by atoms with E-state index in [9.17, 15) is 0 Å². The van der Waals surface area contributed by atoms with Crippen LogP contribution in [0.5, 0.6) is 0 Å². The van der Waals surface area contributed by atoms with Crippen LogP contribution in [0.25, 0.3) is 0 Å². The fraction of sp³-hybridized carbons (Fsp3) is 0.684. The van der Waals surface area contributed by atoms with Gasteiger partial charge >= 0.3 is 0 Å². The highest BCUT2D eigenvalue weighted by molar-refractivity contribution is 5.08. The summed E-state index contributed by atoms with van der Waals surface area (Å²) in [5.41, 5.74) is 1.67. The lowest BCUT2D eigenvalue weighted by Crippen LogP contribution is -2.16. The van der Waals surface area contributed by atoms with E-state index in [0.717, 1.165) is 23.7 Å². The average Bonchev–Trinajstić information content (AvgIpc) is 2.48. The lowest BCUT2D eigenvalue weighted by molar-refractivity contribution is 0.332. The molecule has 0 nitrogen and oxygen atoms in total.